The fraction of sp³-hybridized carbons (Fsp3) is 0.241. The third-order valence-electron chi connectivity index (χ3n) is 6.13. The van der Waals surface area contributed by atoms with E-state index in [1.165, 1.54) is 7.05 Å². The Morgan fingerprint density at radius 1 is 1.00 bits per heavy atom. The van der Waals surface area contributed by atoms with E-state index in [1.54, 1.807) is 42.3 Å². The summed E-state index contributed by atoms with van der Waals surface area (Å²) in [5, 5.41) is 15.7. The van der Waals surface area contributed by atoms with Gasteiger partial charge in [0.1, 0.15) is 34.8 Å². The Morgan fingerprint density at radius 2 is 1.77 bits per heavy atom. The Labute approximate surface area is 272 Å². The summed E-state index contributed by atoms with van der Waals surface area (Å²) in [6.07, 6.45) is 3.51. The monoisotopic (exact) mass is 737 g/mol. The van der Waals surface area contributed by atoms with Crippen molar-refractivity contribution in [1.29, 1.82) is 0 Å². The number of anilines is 3. The van der Waals surface area contributed by atoms with Gasteiger partial charge in [-0.3, -0.25) is 10.6 Å². The predicted octanol–water partition coefficient (Wildman–Crippen LogP) is 7.83. The number of aromatic nitrogens is 3. The molecule has 43 heavy (non-hydrogen) atoms. The van der Waals surface area contributed by atoms with Crippen molar-refractivity contribution in [3.8, 4) is 17.2 Å². The minimum atomic E-state index is -0.527. The van der Waals surface area contributed by atoms with E-state index < -0.39 is 6.03 Å². The number of amides is 4. The van der Waals surface area contributed by atoms with Gasteiger partial charge in [-0.25, -0.2) is 19.3 Å². The van der Waals surface area contributed by atoms with E-state index in [-0.39, 0.29) is 26.6 Å². The molecule has 2 aromatic heterocycles. The number of urea groups is 2. The molecule has 1 atom stereocenters. The number of benzene rings is 2. The molecule has 0 bridgehead atoms. The molecule has 4 aromatic rings. The van der Waals surface area contributed by atoms with E-state index in [9.17, 15) is 9.59 Å². The maximum atomic E-state index is 13.1. The van der Waals surface area contributed by atoms with Gasteiger partial charge in [-0.05, 0) is 60.5 Å². The van der Waals surface area contributed by atoms with Crippen molar-refractivity contribution in [2.45, 2.75) is 30.3 Å². The smallest absolute Gasteiger partial charge is 0.324 e. The highest BCUT2D eigenvalue weighted by Crippen LogP contribution is 2.38. The second-order valence-electron chi connectivity index (χ2n) is 9.18. The number of hydrogen-bond donors (Lipinski definition) is 4. The fourth-order valence-electron chi connectivity index (χ4n) is 3.95. The van der Waals surface area contributed by atoms with Crippen LogP contribution in [0.2, 0.25) is 10.0 Å². The van der Waals surface area contributed by atoms with Crippen LogP contribution in [0.3, 0.4) is 0 Å². The number of nitrogens with one attached hydrogen (secondary N) is 4. The van der Waals surface area contributed by atoms with Gasteiger partial charge >= 0.3 is 12.1 Å². The summed E-state index contributed by atoms with van der Waals surface area (Å²) < 4.78 is 13.0. The van der Waals surface area contributed by atoms with Crippen molar-refractivity contribution in [1.82, 2.24) is 20.1 Å². The van der Waals surface area contributed by atoms with Crippen molar-refractivity contribution in [3.63, 3.8) is 0 Å². The molecule has 1 unspecified atom stereocenters. The molecule has 4 rings (SSSR count). The Kier molecular flexibility index (Phi) is 11.3. The number of halogens is 3. The molecule has 4 amide bonds. The lowest BCUT2D eigenvalue weighted by Gasteiger charge is -2.14. The number of carbonyl (C=O) groups is 2. The Morgan fingerprint density at radius 3 is 2.47 bits per heavy atom. The van der Waals surface area contributed by atoms with Crippen LogP contribution in [-0.2, 0) is 6.61 Å². The van der Waals surface area contributed by atoms with Gasteiger partial charge in [0.2, 0.25) is 0 Å². The summed E-state index contributed by atoms with van der Waals surface area (Å²) in [4.78, 5) is 28.8. The van der Waals surface area contributed by atoms with Gasteiger partial charge in [0.05, 0.1) is 33.1 Å². The third-order valence-corrected chi connectivity index (χ3v) is 8.26. The van der Waals surface area contributed by atoms with E-state index in [0.29, 0.717) is 28.8 Å². The molecule has 0 aliphatic rings. The van der Waals surface area contributed by atoms with Crippen molar-refractivity contribution < 1.29 is 19.1 Å². The number of carbonyl (C=O) groups excluding carboxylic acids is 2. The second-order valence-corrected chi connectivity index (χ2v) is 11.4. The van der Waals surface area contributed by atoms with Crippen LogP contribution in [0.1, 0.15) is 34.9 Å². The summed E-state index contributed by atoms with van der Waals surface area (Å²) >= 11 is 15.4. The number of methoxy groups -OCH3 is 1. The second kappa shape index (κ2) is 15.1. The third kappa shape index (κ3) is 8.42. The molecule has 2 heterocycles. The van der Waals surface area contributed by atoms with Gasteiger partial charge in [0.15, 0.2) is 0 Å². The Bertz CT molecular complexity index is 1580. The number of ether oxygens (including phenoxy) is 2. The van der Waals surface area contributed by atoms with Crippen LogP contribution in [-0.4, -0.2) is 41.0 Å². The molecule has 4 N–H and O–H groups in total. The Hall–Kier alpha value is -3.75. The van der Waals surface area contributed by atoms with Crippen molar-refractivity contribution in [2.24, 2.45) is 0 Å². The lowest BCUT2D eigenvalue weighted by molar-refractivity contribution is 0.253. The number of pyridine rings is 1. The van der Waals surface area contributed by atoms with Gasteiger partial charge < -0.3 is 20.1 Å². The van der Waals surface area contributed by atoms with Crippen molar-refractivity contribution >= 4 is 75.2 Å². The molecular weight excluding hydrogens is 708 g/mol. The van der Waals surface area contributed by atoms with Crippen molar-refractivity contribution in [3.05, 3.63) is 82.1 Å². The van der Waals surface area contributed by atoms with Crippen LogP contribution in [0.15, 0.2) is 60.8 Å². The van der Waals surface area contributed by atoms with Gasteiger partial charge in [-0.15, -0.1) is 0 Å². The average molecular weight is 738 g/mol. The molecule has 0 spiro atoms. The molecule has 226 valence electrons. The summed E-state index contributed by atoms with van der Waals surface area (Å²) in [5.74, 6) is 1.89. The molecular formula is C29H30Cl2IN7O4. The van der Waals surface area contributed by atoms with E-state index in [4.69, 9.17) is 37.8 Å². The number of alkyl halides is 1. The van der Waals surface area contributed by atoms with E-state index in [1.807, 2.05) is 30.3 Å². The summed E-state index contributed by atoms with van der Waals surface area (Å²) in [6.45, 7) is 2.26. The summed E-state index contributed by atoms with van der Waals surface area (Å²) in [6, 6.07) is 15.0. The minimum absolute atomic E-state index is 0.116. The van der Waals surface area contributed by atoms with Crippen LogP contribution in [0.4, 0.5) is 26.9 Å². The van der Waals surface area contributed by atoms with E-state index >= 15 is 0 Å². The highest BCUT2D eigenvalue weighted by Gasteiger charge is 2.19. The topological polar surface area (TPSA) is 131 Å². The standard InChI is InChI=1S/C29H30Cl2IN7O4/c1-4-5-20(32)22-15-25(39(38-22)18-6-8-19(42-3)9-7-18)37-29(41)35-21-10-11-23(27(31)26(21)30)43-16-17-12-13-34-24(14-17)36-28(40)33-2/h6-15,20H,4-5,16H2,1-3H3,(H2,35,37,41)(H2,33,34,36,40). The molecule has 0 saturated carbocycles. The first kappa shape index (κ1) is 32.2. The zero-order valence-electron chi connectivity index (χ0n) is 23.6. The first-order valence-electron chi connectivity index (χ1n) is 13.2. The molecule has 11 nitrogen and oxygen atoms in total. The summed E-state index contributed by atoms with van der Waals surface area (Å²) in [5.41, 5.74) is 2.65. The first-order valence-corrected chi connectivity index (χ1v) is 15.2. The van der Waals surface area contributed by atoms with Crippen LogP contribution in [0, 0.1) is 0 Å². The number of rotatable bonds is 11. The average Bonchev–Trinajstić information content (AvgIpc) is 3.43. The zero-order chi connectivity index (χ0) is 30.9. The van der Waals surface area contributed by atoms with E-state index in [0.717, 1.165) is 29.8 Å². The molecule has 0 fully saturated rings. The van der Waals surface area contributed by atoms with Crippen molar-refractivity contribution in [2.75, 3.05) is 30.1 Å². The molecule has 0 aliphatic heterocycles. The van der Waals surface area contributed by atoms with Gasteiger partial charge in [0.25, 0.3) is 0 Å². The normalized spacial score (nSPS) is 11.4. The van der Waals surface area contributed by atoms with Gasteiger partial charge in [0, 0.05) is 19.3 Å². The van der Waals surface area contributed by atoms with Crippen LogP contribution < -0.4 is 30.7 Å². The maximum absolute atomic E-state index is 13.1. The zero-order valence-corrected chi connectivity index (χ0v) is 27.3. The van der Waals surface area contributed by atoms with Crippen LogP contribution >= 0.6 is 45.8 Å². The molecule has 14 heteroatoms. The maximum Gasteiger partial charge on any atom is 0.324 e. The lowest BCUT2D eigenvalue weighted by atomic mass is 10.2. The van der Waals surface area contributed by atoms with Gasteiger partial charge in [-0.1, -0.05) is 59.1 Å². The Balaban J connectivity index is 1.47. The van der Waals surface area contributed by atoms with E-state index in [2.05, 4.69) is 55.8 Å². The number of nitrogens with zero attached hydrogens (tertiary/aromatic N) is 3. The van der Waals surface area contributed by atoms with Crippen LogP contribution in [0.5, 0.6) is 11.5 Å². The number of hydrogen-bond acceptors (Lipinski definition) is 6. The largest absolute Gasteiger partial charge is 0.497 e. The highest BCUT2D eigenvalue weighted by molar-refractivity contribution is 14.1. The molecule has 0 aliphatic carbocycles. The molecule has 0 radical (unpaired) electrons. The lowest BCUT2D eigenvalue weighted by Crippen LogP contribution is -2.25. The molecule has 0 saturated heterocycles. The molecule has 2 aromatic carbocycles. The predicted molar refractivity (Wildman–Crippen MR) is 178 cm³/mol. The quantitative estimate of drug-likeness (QED) is 0.0917. The fourth-order valence-corrected chi connectivity index (χ4v) is 5.29. The van der Waals surface area contributed by atoms with Gasteiger partial charge in [-0.2, -0.15) is 5.10 Å². The summed E-state index contributed by atoms with van der Waals surface area (Å²) in [7, 11) is 3.11. The minimum Gasteiger partial charge on any atom is -0.497 e. The first-order chi connectivity index (χ1) is 20.7. The highest BCUT2D eigenvalue weighted by atomic mass is 127. The van der Waals surface area contributed by atoms with Crippen LogP contribution in [0.25, 0.3) is 5.69 Å². The SMILES string of the molecule is CCCC(I)c1cc(NC(=O)Nc2ccc(OCc3ccnc(NC(=O)NC)c3)c(Cl)c2Cl)n(-c2ccc(OC)cc2)n1.